The van der Waals surface area contributed by atoms with Crippen LogP contribution >= 0.6 is 0 Å². The number of rotatable bonds is 2. The summed E-state index contributed by atoms with van der Waals surface area (Å²) in [6.45, 7) is 2.02. The summed E-state index contributed by atoms with van der Waals surface area (Å²) in [6.07, 6.45) is 1.45. The first kappa shape index (κ1) is 8.62. The van der Waals surface area contributed by atoms with Gasteiger partial charge in [0.1, 0.15) is 0 Å². The number of nitrogens with two attached hydrogens (primary N) is 2. The van der Waals surface area contributed by atoms with Gasteiger partial charge in [-0.3, -0.25) is 5.84 Å². The maximum atomic E-state index is 5.36. The molecule has 0 spiro atoms. The van der Waals surface area contributed by atoms with Crippen LogP contribution in [0.25, 0.3) is 5.70 Å². The van der Waals surface area contributed by atoms with E-state index >= 15 is 0 Å². The summed E-state index contributed by atoms with van der Waals surface area (Å²) in [4.78, 5) is 0. The molecule has 0 fully saturated rings. The van der Waals surface area contributed by atoms with Crippen molar-refractivity contribution in [2.24, 2.45) is 11.6 Å². The summed E-state index contributed by atoms with van der Waals surface area (Å²) >= 11 is 0. The molecule has 0 aromatic heterocycles. The van der Waals surface area contributed by atoms with Gasteiger partial charge in [0, 0.05) is 11.8 Å². The van der Waals surface area contributed by atoms with Crippen LogP contribution in [-0.4, -0.2) is 0 Å². The minimum Gasteiger partial charge on any atom is -0.403 e. The van der Waals surface area contributed by atoms with Crippen molar-refractivity contribution >= 4 is 5.70 Å². The van der Waals surface area contributed by atoms with Gasteiger partial charge in [-0.15, -0.1) is 0 Å². The molecule has 0 aliphatic carbocycles. The molecular formula is C9H13N3. The molecule has 0 aliphatic heterocycles. The zero-order valence-electron chi connectivity index (χ0n) is 7.04. The lowest BCUT2D eigenvalue weighted by Gasteiger charge is -2.05. The summed E-state index contributed by atoms with van der Waals surface area (Å²) in [6, 6.07) is 7.95. The van der Waals surface area contributed by atoms with E-state index in [-0.39, 0.29) is 0 Å². The van der Waals surface area contributed by atoms with Crippen LogP contribution in [0.5, 0.6) is 0 Å². The Bertz CT molecular complexity index is 292. The summed E-state index contributed by atoms with van der Waals surface area (Å²) < 4.78 is 0. The highest BCUT2D eigenvalue weighted by Gasteiger charge is 1.96. The molecule has 0 saturated heterocycles. The Morgan fingerprint density at radius 2 is 2.25 bits per heavy atom. The van der Waals surface area contributed by atoms with Gasteiger partial charge in [-0.05, 0) is 13.0 Å². The number of hydrogen-bond donors (Lipinski definition) is 3. The van der Waals surface area contributed by atoms with E-state index in [4.69, 9.17) is 11.6 Å². The normalized spacial score (nSPS) is 11.3. The van der Waals surface area contributed by atoms with E-state index in [0.29, 0.717) is 0 Å². The Morgan fingerprint density at radius 1 is 1.50 bits per heavy atom. The topological polar surface area (TPSA) is 64.1 Å². The fourth-order valence-corrected chi connectivity index (χ4v) is 1.04. The highest BCUT2D eigenvalue weighted by molar-refractivity contribution is 5.63. The van der Waals surface area contributed by atoms with Crippen molar-refractivity contribution in [3.63, 3.8) is 0 Å². The fraction of sp³-hybridized carbons (Fsp3) is 0.111. The SMILES string of the molecule is Cc1cccc(/C(=C/N)NN)c1. The number of nitrogens with one attached hydrogen (secondary N) is 1. The van der Waals surface area contributed by atoms with E-state index < -0.39 is 0 Å². The minimum atomic E-state index is 0.735. The number of aryl methyl sites for hydroxylation is 1. The Hall–Kier alpha value is -1.48. The van der Waals surface area contributed by atoms with Gasteiger partial charge in [-0.2, -0.15) is 0 Å². The molecule has 3 nitrogen and oxygen atoms in total. The van der Waals surface area contributed by atoms with Crippen LogP contribution in [0.2, 0.25) is 0 Å². The summed E-state index contributed by atoms with van der Waals surface area (Å²) in [7, 11) is 0. The van der Waals surface area contributed by atoms with E-state index in [9.17, 15) is 0 Å². The molecule has 1 aromatic carbocycles. The Labute approximate surface area is 72.0 Å². The van der Waals surface area contributed by atoms with Gasteiger partial charge in [0.15, 0.2) is 0 Å². The average molecular weight is 163 g/mol. The van der Waals surface area contributed by atoms with Crippen LogP contribution in [0.1, 0.15) is 11.1 Å². The van der Waals surface area contributed by atoms with Gasteiger partial charge >= 0.3 is 0 Å². The number of hydrazine groups is 1. The second-order valence-corrected chi connectivity index (χ2v) is 2.59. The first-order valence-electron chi connectivity index (χ1n) is 3.73. The highest BCUT2D eigenvalue weighted by atomic mass is 15.2. The summed E-state index contributed by atoms with van der Waals surface area (Å²) in [5.41, 5.74) is 10.8. The predicted molar refractivity (Wildman–Crippen MR) is 50.7 cm³/mol. The third-order valence-corrected chi connectivity index (χ3v) is 1.65. The molecule has 0 aliphatic rings. The van der Waals surface area contributed by atoms with Crippen LogP contribution in [0.15, 0.2) is 30.5 Å². The van der Waals surface area contributed by atoms with Crippen molar-refractivity contribution in [1.29, 1.82) is 0 Å². The van der Waals surface area contributed by atoms with Crippen molar-refractivity contribution in [3.05, 3.63) is 41.6 Å². The van der Waals surface area contributed by atoms with E-state index in [1.165, 1.54) is 11.8 Å². The molecule has 1 aromatic rings. The first-order valence-corrected chi connectivity index (χ1v) is 3.73. The van der Waals surface area contributed by atoms with Crippen molar-refractivity contribution in [1.82, 2.24) is 5.43 Å². The number of hydrogen-bond acceptors (Lipinski definition) is 3. The molecule has 0 radical (unpaired) electrons. The van der Waals surface area contributed by atoms with Crippen LogP contribution in [0.3, 0.4) is 0 Å². The predicted octanol–water partition coefficient (Wildman–Crippen LogP) is 0.715. The van der Waals surface area contributed by atoms with Gasteiger partial charge in [-0.25, -0.2) is 0 Å². The Morgan fingerprint density at radius 3 is 2.75 bits per heavy atom. The first-order chi connectivity index (χ1) is 5.77. The van der Waals surface area contributed by atoms with E-state index in [1.54, 1.807) is 0 Å². The quantitative estimate of drug-likeness (QED) is 0.444. The lowest BCUT2D eigenvalue weighted by Crippen LogP contribution is -2.20. The van der Waals surface area contributed by atoms with Crippen molar-refractivity contribution in [3.8, 4) is 0 Å². The van der Waals surface area contributed by atoms with E-state index in [1.807, 2.05) is 31.2 Å². The maximum Gasteiger partial charge on any atom is 0.0713 e. The Kier molecular flexibility index (Phi) is 2.71. The summed E-state index contributed by atoms with van der Waals surface area (Å²) in [5.74, 6) is 5.27. The molecule has 0 heterocycles. The summed E-state index contributed by atoms with van der Waals surface area (Å²) in [5, 5.41) is 0. The van der Waals surface area contributed by atoms with Gasteiger partial charge in [0.05, 0.1) is 5.70 Å². The number of benzene rings is 1. The average Bonchev–Trinajstić information content (AvgIpc) is 2.07. The second-order valence-electron chi connectivity index (χ2n) is 2.59. The van der Waals surface area contributed by atoms with Gasteiger partial charge in [0.25, 0.3) is 0 Å². The lowest BCUT2D eigenvalue weighted by atomic mass is 10.1. The minimum absolute atomic E-state index is 0.735. The van der Waals surface area contributed by atoms with E-state index in [2.05, 4.69) is 5.43 Å². The van der Waals surface area contributed by atoms with E-state index in [0.717, 1.165) is 11.3 Å². The van der Waals surface area contributed by atoms with Crippen LogP contribution in [-0.2, 0) is 0 Å². The monoisotopic (exact) mass is 163 g/mol. The third kappa shape index (κ3) is 1.77. The maximum absolute atomic E-state index is 5.36. The zero-order valence-corrected chi connectivity index (χ0v) is 7.04. The van der Waals surface area contributed by atoms with Gasteiger partial charge in [-0.1, -0.05) is 23.8 Å². The molecule has 1 rings (SSSR count). The molecule has 0 atom stereocenters. The second kappa shape index (κ2) is 3.78. The largest absolute Gasteiger partial charge is 0.403 e. The van der Waals surface area contributed by atoms with Gasteiger partial charge < -0.3 is 11.2 Å². The fourth-order valence-electron chi connectivity index (χ4n) is 1.04. The lowest BCUT2D eigenvalue weighted by molar-refractivity contribution is 0.987. The van der Waals surface area contributed by atoms with Crippen molar-refractivity contribution < 1.29 is 0 Å². The molecule has 64 valence electrons. The molecule has 0 unspecified atom stereocenters. The van der Waals surface area contributed by atoms with Crippen LogP contribution in [0, 0.1) is 6.92 Å². The van der Waals surface area contributed by atoms with Crippen molar-refractivity contribution in [2.75, 3.05) is 0 Å². The van der Waals surface area contributed by atoms with Gasteiger partial charge in [0.2, 0.25) is 0 Å². The molecule has 5 N–H and O–H groups in total. The molecule has 0 bridgehead atoms. The van der Waals surface area contributed by atoms with Crippen LogP contribution < -0.4 is 17.0 Å². The highest BCUT2D eigenvalue weighted by Crippen LogP contribution is 2.10. The van der Waals surface area contributed by atoms with Crippen LogP contribution in [0.4, 0.5) is 0 Å². The molecular weight excluding hydrogens is 150 g/mol. The Balaban J connectivity index is 3.02. The standard InChI is InChI=1S/C9H13N3/c1-7-3-2-4-8(5-7)9(6-10)12-11/h2-6,12H,10-11H2,1H3/b9-6-. The molecule has 12 heavy (non-hydrogen) atoms. The molecule has 0 amide bonds. The molecule has 0 saturated carbocycles. The molecule has 3 heteroatoms. The van der Waals surface area contributed by atoms with Crippen molar-refractivity contribution in [2.45, 2.75) is 6.92 Å². The third-order valence-electron chi connectivity index (χ3n) is 1.65. The zero-order chi connectivity index (χ0) is 8.97. The smallest absolute Gasteiger partial charge is 0.0713 e.